The lowest BCUT2D eigenvalue weighted by Crippen LogP contribution is -2.29. The van der Waals surface area contributed by atoms with Crippen molar-refractivity contribution in [2.45, 2.75) is 63.2 Å². The first-order chi connectivity index (χ1) is 6.33. The largest absolute Gasteiger partial charge is 0.328 e. The Morgan fingerprint density at radius 2 is 2.15 bits per heavy atom. The Balaban J connectivity index is 2.00. The van der Waals surface area contributed by atoms with Crippen LogP contribution in [0.5, 0.6) is 0 Å². The van der Waals surface area contributed by atoms with E-state index in [1.807, 2.05) is 0 Å². The molecule has 1 nitrogen and oxygen atoms in total. The molecular weight excluding hydrogens is 178 g/mol. The lowest BCUT2D eigenvalue weighted by Gasteiger charge is -2.25. The van der Waals surface area contributed by atoms with Crippen LogP contribution in [0.25, 0.3) is 0 Å². The molecule has 78 valence electrons. The van der Waals surface area contributed by atoms with Crippen LogP contribution in [-0.2, 0) is 0 Å². The van der Waals surface area contributed by atoms with Gasteiger partial charge in [-0.15, -0.1) is 0 Å². The Morgan fingerprint density at radius 3 is 2.85 bits per heavy atom. The van der Waals surface area contributed by atoms with Crippen molar-refractivity contribution in [3.8, 4) is 0 Å². The van der Waals surface area contributed by atoms with E-state index in [9.17, 15) is 0 Å². The summed E-state index contributed by atoms with van der Waals surface area (Å²) in [7, 11) is 0. The van der Waals surface area contributed by atoms with E-state index in [4.69, 9.17) is 5.73 Å². The molecule has 2 N–H and O–H groups in total. The summed E-state index contributed by atoms with van der Waals surface area (Å²) < 4.78 is 0. The highest BCUT2D eigenvalue weighted by molar-refractivity contribution is 7.99. The van der Waals surface area contributed by atoms with Crippen molar-refractivity contribution >= 4 is 11.8 Å². The summed E-state index contributed by atoms with van der Waals surface area (Å²) in [6, 6.07) is 0.498. The minimum atomic E-state index is 0.498. The average Bonchev–Trinajstić information content (AvgIpc) is 2.13. The first-order valence-electron chi connectivity index (χ1n) is 5.70. The molecule has 0 spiro atoms. The molecule has 0 aromatic heterocycles. The molecule has 1 saturated carbocycles. The van der Waals surface area contributed by atoms with Crippen molar-refractivity contribution in [1.82, 2.24) is 0 Å². The molecule has 0 radical (unpaired) electrons. The van der Waals surface area contributed by atoms with Gasteiger partial charge in [0.2, 0.25) is 0 Å². The van der Waals surface area contributed by atoms with Gasteiger partial charge >= 0.3 is 0 Å². The number of rotatable bonds is 5. The second-order valence-electron chi connectivity index (χ2n) is 4.13. The Kier molecular flexibility index (Phi) is 5.88. The molecule has 0 aromatic carbocycles. The summed E-state index contributed by atoms with van der Waals surface area (Å²) >= 11 is 2.16. The third kappa shape index (κ3) is 4.92. The van der Waals surface area contributed by atoms with Crippen molar-refractivity contribution in [2.75, 3.05) is 5.75 Å². The smallest absolute Gasteiger partial charge is 0.00617 e. The Morgan fingerprint density at radius 1 is 1.31 bits per heavy atom. The fraction of sp³-hybridized carbons (Fsp3) is 1.00. The molecule has 0 amide bonds. The topological polar surface area (TPSA) is 26.0 Å². The Labute approximate surface area is 86.8 Å². The van der Waals surface area contributed by atoms with E-state index in [0.29, 0.717) is 6.04 Å². The van der Waals surface area contributed by atoms with Gasteiger partial charge in [-0.1, -0.05) is 26.2 Å². The molecule has 0 saturated heterocycles. The van der Waals surface area contributed by atoms with E-state index >= 15 is 0 Å². The second kappa shape index (κ2) is 6.72. The standard InChI is InChI=1S/C11H23NS/c1-2-3-4-8-13-11-7-5-6-10(12)9-11/h10-11H,2-9,12H2,1H3. The number of unbranched alkanes of at least 4 members (excludes halogenated alkanes) is 2. The van der Waals surface area contributed by atoms with Gasteiger partial charge in [0.05, 0.1) is 0 Å². The van der Waals surface area contributed by atoms with Crippen LogP contribution in [0.2, 0.25) is 0 Å². The molecule has 0 aliphatic heterocycles. The molecule has 0 heterocycles. The molecule has 0 bridgehead atoms. The monoisotopic (exact) mass is 201 g/mol. The molecule has 1 rings (SSSR count). The van der Waals surface area contributed by atoms with E-state index in [1.165, 1.54) is 50.7 Å². The van der Waals surface area contributed by atoms with Crippen molar-refractivity contribution < 1.29 is 0 Å². The van der Waals surface area contributed by atoms with Gasteiger partial charge < -0.3 is 5.73 Å². The van der Waals surface area contributed by atoms with Crippen LogP contribution in [0.3, 0.4) is 0 Å². The van der Waals surface area contributed by atoms with Crippen LogP contribution >= 0.6 is 11.8 Å². The van der Waals surface area contributed by atoms with Crippen LogP contribution in [0.1, 0.15) is 51.9 Å². The molecule has 1 fully saturated rings. The van der Waals surface area contributed by atoms with Crippen molar-refractivity contribution in [3.63, 3.8) is 0 Å². The molecule has 13 heavy (non-hydrogen) atoms. The molecule has 1 aliphatic rings. The average molecular weight is 201 g/mol. The molecule has 0 aromatic rings. The number of nitrogens with two attached hydrogens (primary N) is 1. The highest BCUT2D eigenvalue weighted by Gasteiger charge is 2.18. The minimum absolute atomic E-state index is 0.498. The summed E-state index contributed by atoms with van der Waals surface area (Å²) in [5.41, 5.74) is 5.94. The molecule has 2 heteroatoms. The van der Waals surface area contributed by atoms with Gasteiger partial charge in [0.25, 0.3) is 0 Å². The zero-order chi connectivity index (χ0) is 9.52. The van der Waals surface area contributed by atoms with Crippen LogP contribution < -0.4 is 5.73 Å². The summed E-state index contributed by atoms with van der Waals surface area (Å²) in [6.45, 7) is 2.27. The van der Waals surface area contributed by atoms with Gasteiger partial charge in [-0.3, -0.25) is 0 Å². The van der Waals surface area contributed by atoms with E-state index in [1.54, 1.807) is 0 Å². The molecule has 2 atom stereocenters. The van der Waals surface area contributed by atoms with E-state index in [0.717, 1.165) is 5.25 Å². The van der Waals surface area contributed by atoms with Crippen LogP contribution in [-0.4, -0.2) is 17.0 Å². The lowest BCUT2D eigenvalue weighted by atomic mass is 9.96. The maximum Gasteiger partial charge on any atom is 0.00617 e. The number of thioether (sulfide) groups is 1. The van der Waals surface area contributed by atoms with Crippen molar-refractivity contribution in [2.24, 2.45) is 5.73 Å². The first kappa shape index (κ1) is 11.4. The van der Waals surface area contributed by atoms with Crippen LogP contribution in [0.4, 0.5) is 0 Å². The van der Waals surface area contributed by atoms with Gasteiger partial charge in [0.15, 0.2) is 0 Å². The zero-order valence-electron chi connectivity index (χ0n) is 8.80. The second-order valence-corrected chi connectivity index (χ2v) is 5.53. The van der Waals surface area contributed by atoms with E-state index in [-0.39, 0.29) is 0 Å². The van der Waals surface area contributed by atoms with Crippen LogP contribution in [0.15, 0.2) is 0 Å². The van der Waals surface area contributed by atoms with Gasteiger partial charge in [-0.2, -0.15) is 11.8 Å². The van der Waals surface area contributed by atoms with Gasteiger partial charge in [-0.25, -0.2) is 0 Å². The first-order valence-corrected chi connectivity index (χ1v) is 6.75. The summed E-state index contributed by atoms with van der Waals surface area (Å²) in [4.78, 5) is 0. The Hall–Kier alpha value is 0.310. The Bertz CT molecular complexity index is 127. The third-order valence-electron chi connectivity index (χ3n) is 2.77. The normalized spacial score (nSPS) is 29.1. The summed E-state index contributed by atoms with van der Waals surface area (Å²) in [5, 5.41) is 0.876. The quantitative estimate of drug-likeness (QED) is 0.691. The molecule has 1 aliphatic carbocycles. The van der Waals surface area contributed by atoms with Gasteiger partial charge in [0.1, 0.15) is 0 Å². The van der Waals surface area contributed by atoms with Gasteiger partial charge in [0, 0.05) is 11.3 Å². The van der Waals surface area contributed by atoms with Gasteiger partial charge in [-0.05, 0) is 31.4 Å². The fourth-order valence-corrected chi connectivity index (χ4v) is 3.36. The zero-order valence-corrected chi connectivity index (χ0v) is 9.61. The highest BCUT2D eigenvalue weighted by Crippen LogP contribution is 2.28. The minimum Gasteiger partial charge on any atom is -0.328 e. The SMILES string of the molecule is CCCCCSC1CCCC(N)C1. The number of hydrogen-bond donors (Lipinski definition) is 1. The molecule has 2 unspecified atom stereocenters. The maximum absolute atomic E-state index is 5.94. The summed E-state index contributed by atoms with van der Waals surface area (Å²) in [6.07, 6.45) is 9.41. The highest BCUT2D eigenvalue weighted by atomic mass is 32.2. The predicted octanol–water partition coefficient (Wildman–Crippen LogP) is 3.18. The van der Waals surface area contributed by atoms with Crippen molar-refractivity contribution in [3.05, 3.63) is 0 Å². The van der Waals surface area contributed by atoms with Crippen molar-refractivity contribution in [1.29, 1.82) is 0 Å². The predicted molar refractivity (Wildman–Crippen MR) is 62.2 cm³/mol. The fourth-order valence-electron chi connectivity index (χ4n) is 1.93. The third-order valence-corrected chi connectivity index (χ3v) is 4.19. The van der Waals surface area contributed by atoms with E-state index < -0.39 is 0 Å². The summed E-state index contributed by atoms with van der Waals surface area (Å²) in [5.74, 6) is 1.35. The van der Waals surface area contributed by atoms with Crippen LogP contribution in [0, 0.1) is 0 Å². The lowest BCUT2D eigenvalue weighted by molar-refractivity contribution is 0.451. The molecular formula is C11H23NS. The maximum atomic E-state index is 5.94. The van der Waals surface area contributed by atoms with E-state index in [2.05, 4.69) is 18.7 Å². The number of hydrogen-bond acceptors (Lipinski definition) is 2.